The zero-order valence-electron chi connectivity index (χ0n) is 15.3. The van der Waals surface area contributed by atoms with Crippen LogP contribution in [0.5, 0.6) is 17.2 Å². The molecule has 0 aliphatic heterocycles. The number of nitrogens with one attached hydrogen (secondary N) is 1. The lowest BCUT2D eigenvalue weighted by molar-refractivity contribution is -0.111. The van der Waals surface area contributed by atoms with Crippen molar-refractivity contribution < 1.29 is 19.0 Å². The Labute approximate surface area is 161 Å². The molecule has 0 fully saturated rings. The second-order valence-electron chi connectivity index (χ2n) is 5.51. The number of hydrogen-bond acceptors (Lipinski definition) is 6. The van der Waals surface area contributed by atoms with Crippen LogP contribution in [-0.4, -0.2) is 31.7 Å². The molecule has 0 saturated carbocycles. The smallest absolute Gasteiger partial charge is 0.250 e. The van der Waals surface area contributed by atoms with Crippen molar-refractivity contribution in [1.82, 2.24) is 4.98 Å². The quantitative estimate of drug-likeness (QED) is 0.613. The average molecular weight is 384 g/mol. The lowest BCUT2D eigenvalue weighted by atomic mass is 10.1. The number of nitrogens with zero attached hydrogens (tertiary/aromatic N) is 1. The van der Waals surface area contributed by atoms with Crippen molar-refractivity contribution >= 4 is 38.7 Å². The van der Waals surface area contributed by atoms with Gasteiger partial charge in [0.1, 0.15) is 17.2 Å². The van der Waals surface area contributed by atoms with Crippen LogP contribution in [0, 0.1) is 0 Å². The third kappa shape index (κ3) is 4.57. The first-order valence-electron chi connectivity index (χ1n) is 8.37. The second kappa shape index (κ2) is 8.55. The molecular formula is C20H20N2O4S. The number of amides is 1. The van der Waals surface area contributed by atoms with Gasteiger partial charge in [0.2, 0.25) is 5.91 Å². The summed E-state index contributed by atoms with van der Waals surface area (Å²) in [5.41, 5.74) is 1.56. The van der Waals surface area contributed by atoms with Crippen LogP contribution in [0.3, 0.4) is 0 Å². The number of hydrogen-bond donors (Lipinski definition) is 1. The van der Waals surface area contributed by atoms with Crippen LogP contribution in [0.4, 0.5) is 5.13 Å². The molecule has 1 heterocycles. The summed E-state index contributed by atoms with van der Waals surface area (Å²) in [6.45, 7) is 2.54. The number of thiazole rings is 1. The van der Waals surface area contributed by atoms with E-state index in [-0.39, 0.29) is 5.91 Å². The molecule has 1 amide bonds. The van der Waals surface area contributed by atoms with E-state index >= 15 is 0 Å². The van der Waals surface area contributed by atoms with Gasteiger partial charge in [-0.05, 0) is 49.4 Å². The molecule has 0 aliphatic rings. The molecule has 0 bridgehead atoms. The van der Waals surface area contributed by atoms with Crippen molar-refractivity contribution in [3.05, 3.63) is 48.0 Å². The van der Waals surface area contributed by atoms with Gasteiger partial charge >= 0.3 is 0 Å². The average Bonchev–Trinajstić information content (AvgIpc) is 3.07. The number of rotatable bonds is 7. The molecule has 2 aromatic carbocycles. The highest BCUT2D eigenvalue weighted by molar-refractivity contribution is 7.22. The Balaban J connectivity index is 1.74. The highest BCUT2D eigenvalue weighted by atomic mass is 32.1. The molecule has 0 atom stereocenters. The molecule has 1 aromatic heterocycles. The fraction of sp³-hybridized carbons (Fsp3) is 0.200. The molecule has 0 radical (unpaired) electrons. The molecule has 140 valence electrons. The number of ether oxygens (including phenoxy) is 3. The van der Waals surface area contributed by atoms with E-state index in [2.05, 4.69) is 10.3 Å². The second-order valence-corrected chi connectivity index (χ2v) is 6.54. The Hall–Kier alpha value is -3.06. The molecule has 0 aliphatic carbocycles. The van der Waals surface area contributed by atoms with Crippen LogP contribution in [-0.2, 0) is 4.79 Å². The van der Waals surface area contributed by atoms with Gasteiger partial charge in [-0.1, -0.05) is 11.3 Å². The maximum absolute atomic E-state index is 12.3. The largest absolute Gasteiger partial charge is 0.497 e. The summed E-state index contributed by atoms with van der Waals surface area (Å²) >= 11 is 1.40. The van der Waals surface area contributed by atoms with Crippen LogP contribution in [0.15, 0.2) is 42.5 Å². The fourth-order valence-electron chi connectivity index (χ4n) is 2.50. The summed E-state index contributed by atoms with van der Waals surface area (Å²) in [5.74, 6) is 1.86. The molecule has 0 unspecified atom stereocenters. The Morgan fingerprint density at radius 3 is 2.70 bits per heavy atom. The summed E-state index contributed by atoms with van der Waals surface area (Å²) in [5, 5.41) is 3.32. The van der Waals surface area contributed by atoms with Gasteiger partial charge in [-0.2, -0.15) is 0 Å². The molecule has 6 nitrogen and oxygen atoms in total. The van der Waals surface area contributed by atoms with Crippen LogP contribution in [0.2, 0.25) is 0 Å². The van der Waals surface area contributed by atoms with Crippen molar-refractivity contribution in [2.24, 2.45) is 0 Å². The Morgan fingerprint density at radius 2 is 1.96 bits per heavy atom. The standard InChI is InChI=1S/C20H20N2O4S/c1-4-26-15-6-8-16-18(12-15)27-20(21-16)22-19(23)10-5-13-11-14(24-2)7-9-17(13)25-3/h5-12H,4H2,1-3H3,(H,21,22,23)/b10-5+. The predicted octanol–water partition coefficient (Wildman–Crippen LogP) is 4.36. The van der Waals surface area contributed by atoms with Gasteiger partial charge in [-0.25, -0.2) is 4.98 Å². The maximum atomic E-state index is 12.3. The Bertz CT molecular complexity index is 981. The van der Waals surface area contributed by atoms with E-state index in [0.29, 0.717) is 23.2 Å². The number of fused-ring (bicyclic) bond motifs is 1. The van der Waals surface area contributed by atoms with Crippen LogP contribution in [0.25, 0.3) is 16.3 Å². The Morgan fingerprint density at radius 1 is 1.15 bits per heavy atom. The molecular weight excluding hydrogens is 364 g/mol. The molecule has 3 aromatic rings. The summed E-state index contributed by atoms with van der Waals surface area (Å²) < 4.78 is 17.0. The third-order valence-electron chi connectivity index (χ3n) is 3.75. The first-order chi connectivity index (χ1) is 13.1. The molecule has 0 spiro atoms. The summed E-state index contributed by atoms with van der Waals surface area (Å²) in [6.07, 6.45) is 3.12. The third-order valence-corrected chi connectivity index (χ3v) is 4.69. The van der Waals surface area contributed by atoms with Crippen molar-refractivity contribution in [2.75, 3.05) is 26.1 Å². The lowest BCUT2D eigenvalue weighted by Gasteiger charge is -2.07. The van der Waals surface area contributed by atoms with Crippen LogP contribution >= 0.6 is 11.3 Å². The number of aromatic nitrogens is 1. The molecule has 27 heavy (non-hydrogen) atoms. The number of benzene rings is 2. The van der Waals surface area contributed by atoms with E-state index < -0.39 is 0 Å². The minimum atomic E-state index is -0.274. The van der Waals surface area contributed by atoms with Crippen molar-refractivity contribution in [3.63, 3.8) is 0 Å². The van der Waals surface area contributed by atoms with Gasteiger partial charge < -0.3 is 14.2 Å². The topological polar surface area (TPSA) is 69.7 Å². The lowest BCUT2D eigenvalue weighted by Crippen LogP contribution is -2.07. The van der Waals surface area contributed by atoms with Crippen LogP contribution < -0.4 is 19.5 Å². The number of carbonyl (C=O) groups excluding carboxylic acids is 1. The SMILES string of the molecule is CCOc1ccc2nc(NC(=O)/C=C/c3cc(OC)ccc3OC)sc2c1. The number of methoxy groups -OCH3 is 2. The van der Waals surface area contributed by atoms with Crippen molar-refractivity contribution in [3.8, 4) is 17.2 Å². The summed E-state index contributed by atoms with van der Waals surface area (Å²) in [7, 11) is 3.17. The zero-order chi connectivity index (χ0) is 19.2. The van der Waals surface area contributed by atoms with Crippen molar-refractivity contribution in [2.45, 2.75) is 6.92 Å². The first kappa shape index (κ1) is 18.7. The van der Waals surface area contributed by atoms with Crippen LogP contribution in [0.1, 0.15) is 12.5 Å². The summed E-state index contributed by atoms with van der Waals surface area (Å²) in [6, 6.07) is 11.1. The van der Waals surface area contributed by atoms with E-state index in [0.717, 1.165) is 21.5 Å². The minimum absolute atomic E-state index is 0.274. The fourth-order valence-corrected chi connectivity index (χ4v) is 3.39. The first-order valence-corrected chi connectivity index (χ1v) is 9.19. The van der Waals surface area contributed by atoms with E-state index in [1.54, 1.807) is 38.5 Å². The van der Waals surface area contributed by atoms with E-state index in [1.807, 2.05) is 25.1 Å². The van der Waals surface area contributed by atoms with Gasteiger partial charge in [0.05, 0.1) is 31.0 Å². The summed E-state index contributed by atoms with van der Waals surface area (Å²) in [4.78, 5) is 16.7. The van der Waals surface area contributed by atoms with Gasteiger partial charge in [0.25, 0.3) is 0 Å². The van der Waals surface area contributed by atoms with Gasteiger partial charge in [0.15, 0.2) is 5.13 Å². The molecule has 3 rings (SSSR count). The zero-order valence-corrected chi connectivity index (χ0v) is 16.1. The monoisotopic (exact) mass is 384 g/mol. The molecule has 1 N–H and O–H groups in total. The minimum Gasteiger partial charge on any atom is -0.497 e. The Kier molecular flexibility index (Phi) is 5.93. The normalized spacial score (nSPS) is 10.9. The van der Waals surface area contributed by atoms with Gasteiger partial charge in [-0.3, -0.25) is 10.1 Å². The van der Waals surface area contributed by atoms with E-state index in [4.69, 9.17) is 14.2 Å². The number of carbonyl (C=O) groups is 1. The van der Waals surface area contributed by atoms with E-state index in [1.165, 1.54) is 17.4 Å². The highest BCUT2D eigenvalue weighted by Gasteiger charge is 2.08. The van der Waals surface area contributed by atoms with Gasteiger partial charge in [-0.15, -0.1) is 0 Å². The molecule has 7 heteroatoms. The van der Waals surface area contributed by atoms with E-state index in [9.17, 15) is 4.79 Å². The van der Waals surface area contributed by atoms with Gasteiger partial charge in [0, 0.05) is 11.6 Å². The van der Waals surface area contributed by atoms with Crippen molar-refractivity contribution in [1.29, 1.82) is 0 Å². The maximum Gasteiger partial charge on any atom is 0.250 e. The highest BCUT2D eigenvalue weighted by Crippen LogP contribution is 2.29. The number of anilines is 1. The predicted molar refractivity (Wildman–Crippen MR) is 108 cm³/mol. The molecule has 0 saturated heterocycles.